The summed E-state index contributed by atoms with van der Waals surface area (Å²) < 4.78 is 0. The van der Waals surface area contributed by atoms with Crippen LogP contribution in [0.15, 0.2) is 29.4 Å². The van der Waals surface area contributed by atoms with Crippen molar-refractivity contribution in [1.29, 1.82) is 0 Å². The highest BCUT2D eigenvalue weighted by Gasteiger charge is 2.34. The summed E-state index contributed by atoms with van der Waals surface area (Å²) in [5.41, 5.74) is 0.0671. The molecule has 0 radical (unpaired) electrons. The van der Waals surface area contributed by atoms with Gasteiger partial charge in [-0.3, -0.25) is 9.59 Å². The van der Waals surface area contributed by atoms with Gasteiger partial charge in [0.15, 0.2) is 0 Å². The van der Waals surface area contributed by atoms with Crippen molar-refractivity contribution < 1.29 is 19.5 Å². The fraction of sp³-hybridized carbons (Fsp3) is 0.0909. The van der Waals surface area contributed by atoms with Crippen LogP contribution in [-0.2, 0) is 9.59 Å². The third-order valence-electron chi connectivity index (χ3n) is 2.33. The number of hydrazone groups is 1. The number of carbonyl (C=O) groups excluding carboxylic acids is 2. The van der Waals surface area contributed by atoms with E-state index in [0.29, 0.717) is 0 Å². The number of hydrogen-bond acceptors (Lipinski definition) is 4. The summed E-state index contributed by atoms with van der Waals surface area (Å²) in [6.45, 7) is 1.41. The Labute approximate surface area is 96.2 Å². The van der Waals surface area contributed by atoms with E-state index >= 15 is 0 Å². The molecular formula is C11H8N2O4. The number of nitrogens with zero attached hydrogens (tertiary/aromatic N) is 2. The number of Topliss-reactive ketones (excluding diaryl/α,β-unsaturated/α-hetero) is 1. The van der Waals surface area contributed by atoms with Gasteiger partial charge in [0.05, 0.1) is 11.3 Å². The molecule has 0 bridgehead atoms. The minimum Gasteiger partial charge on any atom is -0.478 e. The maximum atomic E-state index is 11.6. The van der Waals surface area contributed by atoms with Crippen LogP contribution in [0, 0.1) is 0 Å². The van der Waals surface area contributed by atoms with Crippen molar-refractivity contribution in [3.8, 4) is 0 Å². The van der Waals surface area contributed by atoms with Crippen LogP contribution < -0.4 is 5.01 Å². The lowest BCUT2D eigenvalue weighted by molar-refractivity contribution is -0.131. The Hall–Kier alpha value is -2.50. The van der Waals surface area contributed by atoms with Crippen molar-refractivity contribution >= 4 is 29.1 Å². The molecular weight excluding hydrogens is 224 g/mol. The molecule has 1 aromatic rings. The van der Waals surface area contributed by atoms with Crippen molar-refractivity contribution in [2.45, 2.75) is 6.92 Å². The van der Waals surface area contributed by atoms with Crippen molar-refractivity contribution in [2.24, 2.45) is 5.10 Å². The van der Waals surface area contributed by atoms with E-state index in [2.05, 4.69) is 5.10 Å². The van der Waals surface area contributed by atoms with Crippen LogP contribution in [-0.4, -0.2) is 28.5 Å². The van der Waals surface area contributed by atoms with Gasteiger partial charge >= 0.3 is 11.9 Å². The minimum atomic E-state index is -1.18. The van der Waals surface area contributed by atoms with Crippen LogP contribution in [0.4, 0.5) is 5.69 Å². The third kappa shape index (κ3) is 1.69. The number of aromatic carboxylic acids is 1. The number of benzene rings is 1. The Morgan fingerprint density at radius 3 is 2.47 bits per heavy atom. The van der Waals surface area contributed by atoms with Crippen molar-refractivity contribution in [1.82, 2.24) is 0 Å². The van der Waals surface area contributed by atoms with E-state index in [-0.39, 0.29) is 17.0 Å². The largest absolute Gasteiger partial charge is 0.478 e. The van der Waals surface area contributed by atoms with Gasteiger partial charge < -0.3 is 5.11 Å². The molecule has 17 heavy (non-hydrogen) atoms. The normalized spacial score (nSPS) is 15.1. The molecule has 0 saturated heterocycles. The lowest BCUT2D eigenvalue weighted by atomic mass is 10.1. The second kappa shape index (κ2) is 3.82. The Balaban J connectivity index is 2.53. The predicted octanol–water partition coefficient (Wildman–Crippen LogP) is 0.676. The van der Waals surface area contributed by atoms with E-state index in [9.17, 15) is 14.4 Å². The number of hydrogen-bond donors (Lipinski definition) is 1. The maximum absolute atomic E-state index is 11.6. The first-order valence-corrected chi connectivity index (χ1v) is 4.78. The van der Waals surface area contributed by atoms with Gasteiger partial charge in [0.2, 0.25) is 0 Å². The average Bonchev–Trinajstić information content (AvgIpc) is 2.57. The van der Waals surface area contributed by atoms with Crippen LogP contribution in [0.5, 0.6) is 0 Å². The lowest BCUT2D eigenvalue weighted by Gasteiger charge is -2.12. The summed E-state index contributed by atoms with van der Waals surface area (Å²) in [6, 6.07) is 5.88. The quantitative estimate of drug-likeness (QED) is 0.759. The first kappa shape index (κ1) is 11.0. The van der Waals surface area contributed by atoms with Gasteiger partial charge in [0.25, 0.3) is 5.78 Å². The molecule has 6 nitrogen and oxygen atoms in total. The Morgan fingerprint density at radius 2 is 1.94 bits per heavy atom. The Bertz CT molecular complexity index is 562. The molecule has 1 aromatic carbocycles. The predicted molar refractivity (Wildman–Crippen MR) is 59.0 cm³/mol. The molecule has 0 fully saturated rings. The topological polar surface area (TPSA) is 87.0 Å². The molecule has 1 aliphatic rings. The fourth-order valence-corrected chi connectivity index (χ4v) is 1.49. The van der Waals surface area contributed by atoms with Crippen LogP contribution in [0.25, 0.3) is 0 Å². The molecule has 6 heteroatoms. The summed E-state index contributed by atoms with van der Waals surface area (Å²) >= 11 is 0. The van der Waals surface area contributed by atoms with Crippen LogP contribution in [0.1, 0.15) is 17.3 Å². The SMILES string of the molecule is CC1=NN(c2ccccc2C(=O)O)C(=O)C1=O. The summed E-state index contributed by atoms with van der Waals surface area (Å²) in [4.78, 5) is 33.8. The van der Waals surface area contributed by atoms with Crippen molar-refractivity contribution in [3.63, 3.8) is 0 Å². The van der Waals surface area contributed by atoms with E-state index in [1.54, 1.807) is 6.07 Å². The number of carboxylic acid groups (broad SMARTS) is 1. The monoisotopic (exact) mass is 232 g/mol. The highest BCUT2D eigenvalue weighted by molar-refractivity contribution is 6.69. The summed E-state index contributed by atoms with van der Waals surface area (Å²) in [5.74, 6) is -2.73. The zero-order chi connectivity index (χ0) is 12.6. The van der Waals surface area contributed by atoms with Crippen LogP contribution in [0.2, 0.25) is 0 Å². The minimum absolute atomic E-state index is 0.0511. The summed E-state index contributed by atoms with van der Waals surface area (Å²) in [7, 11) is 0. The second-order valence-corrected chi connectivity index (χ2v) is 3.45. The number of para-hydroxylation sites is 1. The molecule has 1 heterocycles. The highest BCUT2D eigenvalue weighted by Crippen LogP contribution is 2.23. The van der Waals surface area contributed by atoms with Crippen LogP contribution >= 0.6 is 0 Å². The molecule has 0 aliphatic carbocycles. The number of amides is 1. The highest BCUT2D eigenvalue weighted by atomic mass is 16.4. The number of carbonyl (C=O) groups is 3. The summed E-state index contributed by atoms with van der Waals surface area (Å²) in [5, 5.41) is 13.5. The zero-order valence-corrected chi connectivity index (χ0v) is 8.88. The first-order chi connectivity index (χ1) is 8.02. The zero-order valence-electron chi connectivity index (χ0n) is 8.88. The van der Waals surface area contributed by atoms with E-state index in [1.165, 1.54) is 25.1 Å². The second-order valence-electron chi connectivity index (χ2n) is 3.45. The van der Waals surface area contributed by atoms with Crippen molar-refractivity contribution in [3.05, 3.63) is 29.8 Å². The van der Waals surface area contributed by atoms with Gasteiger partial charge in [-0.15, -0.1) is 0 Å². The lowest BCUT2D eigenvalue weighted by Crippen LogP contribution is -2.28. The molecule has 86 valence electrons. The Morgan fingerprint density at radius 1 is 1.29 bits per heavy atom. The van der Waals surface area contributed by atoms with E-state index in [1.807, 2.05) is 0 Å². The molecule has 2 rings (SSSR count). The third-order valence-corrected chi connectivity index (χ3v) is 2.33. The number of ketones is 1. The van der Waals surface area contributed by atoms with Gasteiger partial charge in [-0.2, -0.15) is 10.1 Å². The smallest absolute Gasteiger partial charge is 0.337 e. The molecule has 1 amide bonds. The molecule has 0 saturated carbocycles. The van der Waals surface area contributed by atoms with Crippen molar-refractivity contribution in [2.75, 3.05) is 5.01 Å². The number of carboxylic acids is 1. The van der Waals surface area contributed by atoms with Gasteiger partial charge in [0, 0.05) is 0 Å². The van der Waals surface area contributed by atoms with E-state index in [4.69, 9.17) is 5.11 Å². The molecule has 1 aliphatic heterocycles. The van der Waals surface area contributed by atoms with Gasteiger partial charge in [-0.1, -0.05) is 12.1 Å². The summed E-state index contributed by atoms with van der Waals surface area (Å²) in [6.07, 6.45) is 0. The number of anilines is 1. The average molecular weight is 232 g/mol. The number of rotatable bonds is 2. The van der Waals surface area contributed by atoms with Gasteiger partial charge in [0.1, 0.15) is 5.71 Å². The van der Waals surface area contributed by atoms with Gasteiger partial charge in [-0.25, -0.2) is 4.79 Å². The molecule has 1 N–H and O–H groups in total. The molecule has 0 aromatic heterocycles. The van der Waals surface area contributed by atoms with Crippen LogP contribution in [0.3, 0.4) is 0 Å². The maximum Gasteiger partial charge on any atom is 0.337 e. The van der Waals surface area contributed by atoms with E-state index in [0.717, 1.165) is 5.01 Å². The molecule has 0 spiro atoms. The van der Waals surface area contributed by atoms with E-state index < -0.39 is 17.7 Å². The molecule has 0 atom stereocenters. The Kier molecular flexibility index (Phi) is 2.47. The molecule has 0 unspecified atom stereocenters. The van der Waals surface area contributed by atoms with Gasteiger partial charge in [-0.05, 0) is 19.1 Å². The fourth-order valence-electron chi connectivity index (χ4n) is 1.49. The first-order valence-electron chi connectivity index (χ1n) is 4.78. The standard InChI is InChI=1S/C11H8N2O4/c1-6-9(14)10(15)13(12-6)8-5-3-2-4-7(8)11(16)17/h2-5H,1H3,(H,16,17).